The average molecular weight is 132 g/mol. The van der Waals surface area contributed by atoms with Gasteiger partial charge in [-0.1, -0.05) is 0 Å². The molecule has 54 valence electrons. The molecule has 0 bridgehead atoms. The molecule has 0 heterocycles. The lowest BCUT2D eigenvalue weighted by Crippen LogP contribution is -2.02. The van der Waals surface area contributed by atoms with Crippen LogP contribution in [0.1, 0.15) is 12.8 Å². The van der Waals surface area contributed by atoms with Crippen LogP contribution in [0.4, 0.5) is 0 Å². The van der Waals surface area contributed by atoms with Crippen LogP contribution in [0.15, 0.2) is 12.3 Å². The van der Waals surface area contributed by atoms with Gasteiger partial charge in [0.15, 0.2) is 0 Å². The minimum absolute atomic E-state index is 0.0797. The SMILES string of the molecule is OC=CC(O)CCCO. The first-order valence-corrected chi connectivity index (χ1v) is 2.91. The molecular weight excluding hydrogens is 120 g/mol. The molecule has 0 aliphatic carbocycles. The van der Waals surface area contributed by atoms with Gasteiger partial charge in [-0.25, -0.2) is 0 Å². The summed E-state index contributed by atoms with van der Waals surface area (Å²) in [6.45, 7) is 0.0797. The molecule has 3 heteroatoms. The lowest BCUT2D eigenvalue weighted by molar-refractivity contribution is 0.188. The predicted octanol–water partition coefficient (Wildman–Crippen LogP) is 0.191. The first-order valence-electron chi connectivity index (χ1n) is 2.91. The van der Waals surface area contributed by atoms with Gasteiger partial charge >= 0.3 is 0 Å². The van der Waals surface area contributed by atoms with Gasteiger partial charge in [0.05, 0.1) is 12.4 Å². The molecule has 0 aliphatic heterocycles. The van der Waals surface area contributed by atoms with Crippen LogP contribution in [-0.4, -0.2) is 28.0 Å². The molecule has 0 aromatic heterocycles. The quantitative estimate of drug-likeness (QED) is 0.478. The molecule has 0 rings (SSSR count). The summed E-state index contributed by atoms with van der Waals surface area (Å²) in [5.41, 5.74) is 0. The number of hydrogen-bond acceptors (Lipinski definition) is 3. The molecule has 1 atom stereocenters. The Kier molecular flexibility index (Phi) is 5.26. The molecule has 0 amide bonds. The Morgan fingerprint density at radius 3 is 2.56 bits per heavy atom. The lowest BCUT2D eigenvalue weighted by atomic mass is 10.2. The number of aliphatic hydroxyl groups is 3. The smallest absolute Gasteiger partial charge is 0.0777 e. The van der Waals surface area contributed by atoms with Crippen molar-refractivity contribution in [1.29, 1.82) is 0 Å². The lowest BCUT2D eigenvalue weighted by Gasteiger charge is -2.00. The van der Waals surface area contributed by atoms with E-state index in [4.69, 9.17) is 15.3 Å². The van der Waals surface area contributed by atoms with Gasteiger partial charge in [-0.3, -0.25) is 0 Å². The number of aliphatic hydroxyl groups excluding tert-OH is 3. The Morgan fingerprint density at radius 2 is 2.11 bits per heavy atom. The maximum absolute atomic E-state index is 8.82. The molecule has 3 N–H and O–H groups in total. The van der Waals surface area contributed by atoms with E-state index in [0.717, 1.165) is 6.26 Å². The summed E-state index contributed by atoms with van der Waals surface area (Å²) in [5.74, 6) is 0. The highest BCUT2D eigenvalue weighted by molar-refractivity contribution is 4.80. The summed E-state index contributed by atoms with van der Waals surface area (Å²) in [7, 11) is 0. The minimum atomic E-state index is -0.623. The summed E-state index contributed by atoms with van der Waals surface area (Å²) in [5, 5.41) is 25.2. The minimum Gasteiger partial charge on any atom is -0.516 e. The Bertz CT molecular complexity index is 80.4. The van der Waals surface area contributed by atoms with Crippen molar-refractivity contribution in [2.45, 2.75) is 18.9 Å². The topological polar surface area (TPSA) is 60.7 Å². The number of rotatable bonds is 4. The van der Waals surface area contributed by atoms with E-state index in [0.29, 0.717) is 12.8 Å². The van der Waals surface area contributed by atoms with Crippen LogP contribution in [0, 0.1) is 0 Å². The van der Waals surface area contributed by atoms with E-state index in [2.05, 4.69) is 0 Å². The maximum atomic E-state index is 8.82. The highest BCUT2D eigenvalue weighted by Gasteiger charge is 1.95. The molecule has 0 spiro atoms. The van der Waals surface area contributed by atoms with E-state index in [-0.39, 0.29) is 6.61 Å². The Balaban J connectivity index is 3.15. The van der Waals surface area contributed by atoms with Gasteiger partial charge in [0.25, 0.3) is 0 Å². The van der Waals surface area contributed by atoms with Crippen LogP contribution < -0.4 is 0 Å². The van der Waals surface area contributed by atoms with Gasteiger partial charge in [0, 0.05) is 6.61 Å². The van der Waals surface area contributed by atoms with E-state index >= 15 is 0 Å². The summed E-state index contributed by atoms with van der Waals surface area (Å²) >= 11 is 0. The van der Waals surface area contributed by atoms with Crippen LogP contribution in [0.2, 0.25) is 0 Å². The largest absolute Gasteiger partial charge is 0.516 e. The van der Waals surface area contributed by atoms with Crippen molar-refractivity contribution in [2.24, 2.45) is 0 Å². The predicted molar refractivity (Wildman–Crippen MR) is 34.1 cm³/mol. The number of hydrogen-bond donors (Lipinski definition) is 3. The van der Waals surface area contributed by atoms with E-state index in [1.165, 1.54) is 6.08 Å². The van der Waals surface area contributed by atoms with Crippen molar-refractivity contribution >= 4 is 0 Å². The molecule has 0 aromatic rings. The van der Waals surface area contributed by atoms with Crippen LogP contribution in [0.5, 0.6) is 0 Å². The Labute approximate surface area is 54.3 Å². The van der Waals surface area contributed by atoms with E-state index in [1.807, 2.05) is 0 Å². The summed E-state index contributed by atoms with van der Waals surface area (Å²) in [4.78, 5) is 0. The van der Waals surface area contributed by atoms with E-state index < -0.39 is 6.10 Å². The summed E-state index contributed by atoms with van der Waals surface area (Å²) < 4.78 is 0. The zero-order valence-electron chi connectivity index (χ0n) is 5.20. The third-order valence-electron chi connectivity index (χ3n) is 0.966. The molecule has 1 unspecified atom stereocenters. The van der Waals surface area contributed by atoms with Crippen molar-refractivity contribution in [1.82, 2.24) is 0 Å². The van der Waals surface area contributed by atoms with Crippen molar-refractivity contribution in [2.75, 3.05) is 6.61 Å². The highest BCUT2D eigenvalue weighted by atomic mass is 16.3. The highest BCUT2D eigenvalue weighted by Crippen LogP contribution is 1.96. The monoisotopic (exact) mass is 132 g/mol. The third-order valence-corrected chi connectivity index (χ3v) is 0.966. The average Bonchev–Trinajstić information content (AvgIpc) is 1.85. The molecule has 3 nitrogen and oxygen atoms in total. The first kappa shape index (κ1) is 8.46. The second-order valence-electron chi connectivity index (χ2n) is 1.77. The molecule has 0 aliphatic rings. The van der Waals surface area contributed by atoms with Crippen molar-refractivity contribution < 1.29 is 15.3 Å². The Hall–Kier alpha value is -0.540. The normalized spacial score (nSPS) is 14.4. The van der Waals surface area contributed by atoms with Gasteiger partial charge < -0.3 is 15.3 Å². The first-order chi connectivity index (χ1) is 4.31. The van der Waals surface area contributed by atoms with Gasteiger partial charge in [0.1, 0.15) is 0 Å². The van der Waals surface area contributed by atoms with Crippen LogP contribution in [0.25, 0.3) is 0 Å². The van der Waals surface area contributed by atoms with Crippen LogP contribution in [0.3, 0.4) is 0 Å². The van der Waals surface area contributed by atoms with Gasteiger partial charge in [-0.2, -0.15) is 0 Å². The Morgan fingerprint density at radius 1 is 1.44 bits per heavy atom. The van der Waals surface area contributed by atoms with Crippen LogP contribution in [-0.2, 0) is 0 Å². The molecule has 0 saturated carbocycles. The summed E-state index contributed by atoms with van der Waals surface area (Å²) in [6, 6.07) is 0. The second-order valence-corrected chi connectivity index (χ2v) is 1.77. The standard InChI is InChI=1S/C6H12O3/c7-4-1-2-6(9)3-5-8/h3,5-9H,1-2,4H2. The molecule has 0 saturated heterocycles. The van der Waals surface area contributed by atoms with Crippen molar-refractivity contribution in [3.05, 3.63) is 12.3 Å². The fourth-order valence-electron chi connectivity index (χ4n) is 0.496. The molecule has 9 heavy (non-hydrogen) atoms. The molecule has 0 aromatic carbocycles. The van der Waals surface area contributed by atoms with Crippen molar-refractivity contribution in [3.8, 4) is 0 Å². The van der Waals surface area contributed by atoms with Gasteiger partial charge in [-0.05, 0) is 18.9 Å². The van der Waals surface area contributed by atoms with Gasteiger partial charge in [-0.15, -0.1) is 0 Å². The fourth-order valence-corrected chi connectivity index (χ4v) is 0.496. The van der Waals surface area contributed by atoms with E-state index in [9.17, 15) is 0 Å². The third kappa shape index (κ3) is 5.33. The fraction of sp³-hybridized carbons (Fsp3) is 0.667. The van der Waals surface area contributed by atoms with Crippen LogP contribution >= 0.6 is 0 Å². The maximum Gasteiger partial charge on any atom is 0.0777 e. The van der Waals surface area contributed by atoms with E-state index in [1.54, 1.807) is 0 Å². The molecule has 0 radical (unpaired) electrons. The molecular formula is C6H12O3. The zero-order chi connectivity index (χ0) is 7.11. The van der Waals surface area contributed by atoms with Crippen molar-refractivity contribution in [3.63, 3.8) is 0 Å². The summed E-state index contributed by atoms with van der Waals surface area (Å²) in [6.07, 6.45) is 2.51. The van der Waals surface area contributed by atoms with Gasteiger partial charge in [0.2, 0.25) is 0 Å². The molecule has 0 fully saturated rings. The second kappa shape index (κ2) is 5.59. The zero-order valence-corrected chi connectivity index (χ0v) is 5.20.